The topological polar surface area (TPSA) is 256 Å². The Balaban J connectivity index is 0.000000318. The summed E-state index contributed by atoms with van der Waals surface area (Å²) in [5.41, 5.74) is 6.64. The molecule has 0 bridgehead atoms. The zero-order valence-corrected chi connectivity index (χ0v) is 76.6. The fourth-order valence-electron chi connectivity index (χ4n) is 12.2. The molecule has 2 amide bonds. The highest BCUT2D eigenvalue weighted by Gasteiger charge is 2.41. The molecule has 0 radical (unpaired) electrons. The van der Waals surface area contributed by atoms with Crippen molar-refractivity contribution in [3.63, 3.8) is 0 Å². The zero-order valence-electron chi connectivity index (χ0n) is 74.6. The number of nitrogens with one attached hydrogen (secondary N) is 2. The van der Waals surface area contributed by atoms with Gasteiger partial charge in [0.2, 0.25) is 0 Å². The van der Waals surface area contributed by atoms with Gasteiger partial charge >= 0.3 is 29.8 Å². The Morgan fingerprint density at radius 2 is 0.533 bits per heavy atom. The SMILES string of the molecule is C.CC(C)(c1ccc(OCC2CO2)cc1)c1ccc(OCC2CO2)cc1.CCC.CCC.CCOCC(COc1ccc(C(C)(C)c2ccc(OCC3CO3)cc2)cc1)OC(=O)NCCC[Si](OCC)(OCC)OCC.CCOCC(COc1ccc(C(C)(C)c2ccc(OCC3CO3)cc2)cc1)OC(=O)NCCC[Si](OCC)(OCC)OCC. The number of carbonyl (C=O) groups excluding carboxylic acids is 2. The van der Waals surface area contributed by atoms with Gasteiger partial charge in [0.05, 0.1) is 39.6 Å². The minimum absolute atomic E-state index is 0. The molecule has 2 N–H and O–H groups in total. The van der Waals surface area contributed by atoms with Crippen molar-refractivity contribution in [3.8, 4) is 34.5 Å². The summed E-state index contributed by atoms with van der Waals surface area (Å²) >= 11 is 0. The molecule has 4 aliphatic rings. The lowest BCUT2D eigenvalue weighted by molar-refractivity contribution is 0.00155. The highest BCUT2D eigenvalue weighted by Crippen LogP contribution is 2.37. The maximum absolute atomic E-state index is 12.6. The number of epoxide rings is 4. The Morgan fingerprint density at radius 1 is 0.333 bits per heavy atom. The molecule has 24 nitrogen and oxygen atoms in total. The Kier molecular flexibility index (Phi) is 47.9. The molecule has 4 heterocycles. The van der Waals surface area contributed by atoms with E-state index in [1.807, 2.05) is 128 Å². The van der Waals surface area contributed by atoms with Crippen molar-refractivity contribution in [1.29, 1.82) is 0 Å². The summed E-state index contributed by atoms with van der Waals surface area (Å²) in [4.78, 5) is 25.1. The summed E-state index contributed by atoms with van der Waals surface area (Å²) < 4.78 is 113. The first kappa shape index (κ1) is 103. The maximum atomic E-state index is 12.6. The van der Waals surface area contributed by atoms with E-state index < -0.39 is 42.0 Å². The number of benzene rings is 6. The Labute approximate surface area is 720 Å². The van der Waals surface area contributed by atoms with Gasteiger partial charge in [-0.15, -0.1) is 0 Å². The van der Waals surface area contributed by atoms with Crippen molar-refractivity contribution in [2.24, 2.45) is 0 Å². The van der Waals surface area contributed by atoms with Crippen LogP contribution in [0, 0.1) is 0 Å². The van der Waals surface area contributed by atoms with Gasteiger partial charge in [0.1, 0.15) is 98.6 Å². The van der Waals surface area contributed by atoms with Crippen molar-refractivity contribution in [1.82, 2.24) is 10.6 Å². The molecule has 0 spiro atoms. The molecule has 4 fully saturated rings. The van der Waals surface area contributed by atoms with Gasteiger partial charge in [-0.2, -0.15) is 0 Å². The first-order valence-electron chi connectivity index (χ1n) is 43.2. The Morgan fingerprint density at radius 3 is 0.717 bits per heavy atom. The lowest BCUT2D eigenvalue weighted by Crippen LogP contribution is -2.46. The smallest absolute Gasteiger partial charge is 0.491 e. The van der Waals surface area contributed by atoms with Crippen LogP contribution in [-0.4, -0.2) is 212 Å². The third kappa shape index (κ3) is 38.2. The van der Waals surface area contributed by atoms with Crippen LogP contribution in [0.2, 0.25) is 12.1 Å². The molecular formula is C94H146N2O22Si2. The summed E-state index contributed by atoms with van der Waals surface area (Å²) in [7, 11) is -5.50. The van der Waals surface area contributed by atoms with E-state index in [1.165, 1.54) is 35.1 Å². The van der Waals surface area contributed by atoms with Crippen LogP contribution in [0.15, 0.2) is 146 Å². The number of hydrogen-bond acceptors (Lipinski definition) is 22. The van der Waals surface area contributed by atoms with Crippen LogP contribution in [0.1, 0.15) is 191 Å². The van der Waals surface area contributed by atoms with Crippen molar-refractivity contribution in [2.45, 2.75) is 223 Å². The highest BCUT2D eigenvalue weighted by atomic mass is 28.4. The van der Waals surface area contributed by atoms with Gasteiger partial charge in [-0.3, -0.25) is 0 Å². The van der Waals surface area contributed by atoms with Gasteiger partial charge in [-0.1, -0.05) is 162 Å². The molecule has 0 aliphatic carbocycles. The van der Waals surface area contributed by atoms with Crippen LogP contribution >= 0.6 is 0 Å². The van der Waals surface area contributed by atoms with E-state index in [1.54, 1.807) is 0 Å². The highest BCUT2D eigenvalue weighted by molar-refractivity contribution is 6.61. The minimum atomic E-state index is -2.75. The van der Waals surface area contributed by atoms with Crippen molar-refractivity contribution >= 4 is 29.8 Å². The van der Waals surface area contributed by atoms with E-state index in [2.05, 4.69) is 153 Å². The molecule has 0 saturated carbocycles. The molecule has 672 valence electrons. The first-order chi connectivity index (χ1) is 57.4. The molecule has 4 aliphatic heterocycles. The second-order valence-electron chi connectivity index (χ2n) is 30.5. The van der Waals surface area contributed by atoms with E-state index in [0.717, 1.165) is 60.6 Å². The van der Waals surface area contributed by atoms with E-state index >= 15 is 0 Å². The van der Waals surface area contributed by atoms with E-state index in [9.17, 15) is 9.59 Å². The van der Waals surface area contributed by atoms with Gasteiger partial charge in [-0.05, 0) is 174 Å². The lowest BCUT2D eigenvalue weighted by Gasteiger charge is -2.28. The number of alkyl carbamates (subject to hydrolysis) is 2. The van der Waals surface area contributed by atoms with Gasteiger partial charge in [-0.25, -0.2) is 9.59 Å². The monoisotopic (exact) mass is 1710 g/mol. The molecule has 6 atom stereocenters. The summed E-state index contributed by atoms with van der Waals surface area (Å²) in [5.74, 6) is 4.84. The van der Waals surface area contributed by atoms with E-state index in [-0.39, 0.29) is 74.5 Å². The molecule has 4 saturated heterocycles. The van der Waals surface area contributed by atoms with Crippen LogP contribution in [0.3, 0.4) is 0 Å². The fraction of sp³-hybridized carbons (Fsp3) is 0.596. The Hall–Kier alpha value is -7.39. The predicted molar refractivity (Wildman–Crippen MR) is 475 cm³/mol. The molecular weight excluding hydrogens is 1570 g/mol. The maximum Gasteiger partial charge on any atom is 0.500 e. The van der Waals surface area contributed by atoms with Crippen LogP contribution in [-0.2, 0) is 80.7 Å². The quantitative estimate of drug-likeness (QED) is 0.0204. The normalized spacial score (nSPS) is 16.1. The molecule has 26 heteroatoms. The first-order valence-corrected chi connectivity index (χ1v) is 47.0. The average molecular weight is 1710 g/mol. The van der Waals surface area contributed by atoms with Crippen LogP contribution < -0.4 is 39.1 Å². The average Bonchev–Trinajstić information content (AvgIpc) is 1.13. The molecule has 6 unspecified atom stereocenters. The second kappa shape index (κ2) is 55.7. The zero-order chi connectivity index (χ0) is 86.4. The van der Waals surface area contributed by atoms with Crippen LogP contribution in [0.25, 0.3) is 0 Å². The third-order valence-electron chi connectivity index (χ3n) is 19.3. The number of ether oxygens (including phenoxy) is 14. The van der Waals surface area contributed by atoms with Crippen molar-refractivity contribution in [3.05, 3.63) is 179 Å². The molecule has 6 aromatic rings. The van der Waals surface area contributed by atoms with Crippen LogP contribution in [0.5, 0.6) is 34.5 Å². The molecule has 120 heavy (non-hydrogen) atoms. The molecule has 0 aromatic heterocycles. The molecule has 6 aromatic carbocycles. The standard InChI is InChI=1S/2C33H51NO9Si.C21H24O4.2C3H8.CH4/c2*1-7-36-22-31(43-32(35)34-20-11-21-44(40-8-2,41-9-3)42-10-4)25-38-29-18-14-27(15-19-29)33(5,6)26-12-16-28(17-13-26)37-23-30-24-39-30;1-21(2,15-3-7-17(8-4-15)22-11-19-13-24-19)16-5-9-18(10-6-16)23-12-20-14-25-20;2*1-3-2;/h2*12-19,30-31H,7-11,20-25H2,1-6H3,(H,34,35);3-10,19-20H,11-14H2,1-2H3;2*3H2,1-2H3;1H4. The number of carbonyl (C=O) groups is 2. The number of amides is 2. The summed E-state index contributed by atoms with van der Waals surface area (Å²) in [6.45, 7) is 48.4. The van der Waals surface area contributed by atoms with E-state index in [4.69, 9.17) is 92.9 Å². The van der Waals surface area contributed by atoms with Crippen molar-refractivity contribution in [2.75, 3.05) is 145 Å². The largest absolute Gasteiger partial charge is 0.500 e. The van der Waals surface area contributed by atoms with Crippen LogP contribution in [0.4, 0.5) is 9.59 Å². The number of hydrogen-bond donors (Lipinski definition) is 2. The molecule has 10 rings (SSSR count). The fourth-order valence-corrected chi connectivity index (χ4v) is 17.4. The minimum Gasteiger partial charge on any atom is -0.491 e. The summed E-state index contributed by atoms with van der Waals surface area (Å²) in [6.07, 6.45) is 2.63. The summed E-state index contributed by atoms with van der Waals surface area (Å²) in [6, 6.07) is 50.3. The van der Waals surface area contributed by atoms with Gasteiger partial charge in [0.25, 0.3) is 0 Å². The lowest BCUT2D eigenvalue weighted by atomic mass is 9.78. The summed E-state index contributed by atoms with van der Waals surface area (Å²) in [5, 5.41) is 5.63. The number of rotatable bonds is 52. The van der Waals surface area contributed by atoms with Gasteiger partial charge < -0.3 is 104 Å². The van der Waals surface area contributed by atoms with E-state index in [0.29, 0.717) is 129 Å². The second-order valence-corrected chi connectivity index (χ2v) is 36.0. The van der Waals surface area contributed by atoms with Crippen molar-refractivity contribution < 1.29 is 102 Å². The predicted octanol–water partition coefficient (Wildman–Crippen LogP) is 18.5. The van der Waals surface area contributed by atoms with Gasteiger partial charge in [0, 0.05) is 94.3 Å². The third-order valence-corrected chi connectivity index (χ3v) is 25.6. The Bertz CT molecular complexity index is 3400. The van der Waals surface area contributed by atoms with Gasteiger partial charge in [0.15, 0.2) is 12.2 Å².